The lowest BCUT2D eigenvalue weighted by Gasteiger charge is -2.20. The fourth-order valence-electron chi connectivity index (χ4n) is 4.88. The highest BCUT2D eigenvalue weighted by atomic mass is 32.1. The van der Waals surface area contributed by atoms with Crippen molar-refractivity contribution in [3.8, 4) is 6.07 Å². The number of anilines is 2. The number of fused-ring (bicyclic) bond motifs is 3. The van der Waals surface area contributed by atoms with Crippen LogP contribution in [0.3, 0.4) is 0 Å². The standard InChI is InChI=1S/C25H25FN5OPS.C3H8/c1-3-13(20-14(9-27)24(28)34-23(20)18(26)4-2)19-17-12-32-11-16(17)15-10-29-25(30-21(15)22(19)33)31-7-5-6-8-31;1-3-2/h3-4,10H,5-8,11-12,28,33H2,1-2H3;3H2,1-2H3/b13-3?,18-4+;. The number of hydrogen-bond acceptors (Lipinski definition) is 7. The Hall–Kier alpha value is -2.85. The molecule has 0 spiro atoms. The minimum absolute atomic E-state index is 0.294. The van der Waals surface area contributed by atoms with Crippen molar-refractivity contribution in [1.82, 2.24) is 9.97 Å². The molecular weight excluding hydrogens is 504 g/mol. The van der Waals surface area contributed by atoms with Gasteiger partial charge in [0.25, 0.3) is 0 Å². The molecule has 0 amide bonds. The second kappa shape index (κ2) is 11.7. The molecule has 2 aliphatic rings. The lowest BCUT2D eigenvalue weighted by atomic mass is 9.88. The lowest BCUT2D eigenvalue weighted by Crippen LogP contribution is -2.21. The predicted octanol–water partition coefficient (Wildman–Crippen LogP) is 6.47. The van der Waals surface area contributed by atoms with Crippen molar-refractivity contribution in [3.05, 3.63) is 51.0 Å². The van der Waals surface area contributed by atoms with Crippen LogP contribution < -0.4 is 15.9 Å². The minimum Gasteiger partial charge on any atom is -0.389 e. The molecule has 2 N–H and O–H groups in total. The number of nitrogen functional groups attached to an aromatic ring is 1. The van der Waals surface area contributed by atoms with Crippen LogP contribution in [0, 0.1) is 11.3 Å². The van der Waals surface area contributed by atoms with Gasteiger partial charge in [0.1, 0.15) is 16.9 Å². The average Bonchev–Trinajstić information content (AvgIpc) is 3.66. The van der Waals surface area contributed by atoms with Crippen LogP contribution in [0.25, 0.3) is 22.3 Å². The summed E-state index contributed by atoms with van der Waals surface area (Å²) in [6, 6.07) is 2.20. The summed E-state index contributed by atoms with van der Waals surface area (Å²) in [4.78, 5) is 12.2. The largest absolute Gasteiger partial charge is 0.389 e. The van der Waals surface area contributed by atoms with Crippen molar-refractivity contribution < 1.29 is 9.13 Å². The molecule has 4 heterocycles. The van der Waals surface area contributed by atoms with E-state index in [0.717, 1.165) is 81.7 Å². The Morgan fingerprint density at radius 1 is 1.22 bits per heavy atom. The Labute approximate surface area is 224 Å². The maximum absolute atomic E-state index is 14.9. The van der Waals surface area contributed by atoms with Crippen molar-refractivity contribution in [2.75, 3.05) is 23.7 Å². The van der Waals surface area contributed by atoms with Gasteiger partial charge in [-0.2, -0.15) is 5.26 Å². The number of thiophene rings is 1. The number of benzene rings is 1. The molecule has 2 aliphatic heterocycles. The van der Waals surface area contributed by atoms with Gasteiger partial charge >= 0.3 is 0 Å². The first-order chi connectivity index (χ1) is 17.9. The third-order valence-corrected chi connectivity index (χ3v) is 8.11. The molecule has 0 aliphatic carbocycles. The number of aromatic nitrogens is 2. The van der Waals surface area contributed by atoms with Gasteiger partial charge in [-0.25, -0.2) is 14.4 Å². The summed E-state index contributed by atoms with van der Waals surface area (Å²) in [5.41, 5.74) is 11.5. The van der Waals surface area contributed by atoms with Crippen LogP contribution in [0.5, 0.6) is 0 Å². The van der Waals surface area contributed by atoms with Gasteiger partial charge in [0.2, 0.25) is 5.95 Å². The van der Waals surface area contributed by atoms with Crippen LogP contribution >= 0.6 is 20.6 Å². The summed E-state index contributed by atoms with van der Waals surface area (Å²) in [7, 11) is 2.83. The zero-order valence-corrected chi connectivity index (χ0v) is 23.8. The number of halogens is 1. The van der Waals surface area contributed by atoms with Gasteiger partial charge in [-0.1, -0.05) is 32.4 Å². The van der Waals surface area contributed by atoms with Gasteiger partial charge < -0.3 is 15.4 Å². The molecule has 0 saturated carbocycles. The van der Waals surface area contributed by atoms with E-state index in [1.54, 1.807) is 6.92 Å². The quantitative estimate of drug-likeness (QED) is 0.384. The molecule has 2 aromatic heterocycles. The number of hydrogen-bond donors (Lipinski definition) is 1. The molecule has 1 unspecified atom stereocenters. The van der Waals surface area contributed by atoms with Crippen molar-refractivity contribution in [1.29, 1.82) is 5.26 Å². The van der Waals surface area contributed by atoms with Crippen molar-refractivity contribution in [3.63, 3.8) is 0 Å². The number of nitrogens with zero attached hydrogens (tertiary/aromatic N) is 4. The second-order valence-electron chi connectivity index (χ2n) is 9.07. The molecule has 5 rings (SSSR count). The Kier molecular flexibility index (Phi) is 8.59. The van der Waals surface area contributed by atoms with Gasteiger partial charge in [0, 0.05) is 35.5 Å². The molecule has 6 nitrogen and oxygen atoms in total. The fourth-order valence-corrected chi connectivity index (χ4v) is 6.43. The molecule has 0 radical (unpaired) electrons. The van der Waals surface area contributed by atoms with E-state index in [0.29, 0.717) is 34.2 Å². The Morgan fingerprint density at radius 3 is 2.51 bits per heavy atom. The van der Waals surface area contributed by atoms with Gasteiger partial charge in [-0.05, 0) is 49.0 Å². The van der Waals surface area contributed by atoms with E-state index in [1.807, 2.05) is 19.2 Å². The molecule has 0 bridgehead atoms. The maximum atomic E-state index is 14.9. The van der Waals surface area contributed by atoms with Crippen LogP contribution in [0.2, 0.25) is 0 Å². The Morgan fingerprint density at radius 2 is 1.89 bits per heavy atom. The van der Waals surface area contributed by atoms with Crippen LogP contribution in [-0.2, 0) is 18.0 Å². The van der Waals surface area contributed by atoms with E-state index in [2.05, 4.69) is 39.0 Å². The number of nitrogens with two attached hydrogens (primary N) is 1. The molecule has 1 saturated heterocycles. The van der Waals surface area contributed by atoms with E-state index in [-0.39, 0.29) is 0 Å². The van der Waals surface area contributed by atoms with Crippen LogP contribution in [0.15, 0.2) is 18.3 Å². The molecule has 1 fully saturated rings. The first-order valence-corrected chi connectivity index (χ1v) is 14.0. The highest BCUT2D eigenvalue weighted by Crippen LogP contribution is 2.44. The third kappa shape index (κ3) is 4.88. The second-order valence-corrected chi connectivity index (χ2v) is 10.7. The normalized spacial score (nSPS) is 15.5. The monoisotopic (exact) mass is 537 g/mol. The molecule has 3 aromatic rings. The van der Waals surface area contributed by atoms with Crippen molar-refractivity contribution >= 4 is 59.1 Å². The van der Waals surface area contributed by atoms with E-state index < -0.39 is 5.83 Å². The fraction of sp³-hybridized carbons (Fsp3) is 0.393. The van der Waals surface area contributed by atoms with Gasteiger partial charge in [-0.15, -0.1) is 20.6 Å². The molecule has 1 atom stereocenters. The van der Waals surface area contributed by atoms with E-state index in [9.17, 15) is 9.65 Å². The highest BCUT2D eigenvalue weighted by molar-refractivity contribution is 7.28. The van der Waals surface area contributed by atoms with Crippen LogP contribution in [0.1, 0.15) is 79.7 Å². The van der Waals surface area contributed by atoms with Crippen molar-refractivity contribution in [2.45, 2.75) is 60.2 Å². The predicted molar refractivity (Wildman–Crippen MR) is 156 cm³/mol. The Bertz CT molecular complexity index is 1430. The maximum Gasteiger partial charge on any atom is 0.225 e. The third-order valence-electron chi connectivity index (χ3n) is 6.52. The average molecular weight is 538 g/mol. The van der Waals surface area contributed by atoms with E-state index in [1.165, 1.54) is 12.5 Å². The topological polar surface area (TPSA) is 88.1 Å². The zero-order valence-electron chi connectivity index (χ0n) is 21.8. The molecule has 37 heavy (non-hydrogen) atoms. The number of ether oxygens (including phenoxy) is 1. The van der Waals surface area contributed by atoms with E-state index >= 15 is 0 Å². The smallest absolute Gasteiger partial charge is 0.225 e. The molecule has 1 aromatic carbocycles. The van der Waals surface area contributed by atoms with E-state index in [4.69, 9.17) is 15.5 Å². The first kappa shape index (κ1) is 27.2. The summed E-state index contributed by atoms with van der Waals surface area (Å²) in [6.45, 7) is 10.6. The molecular formula is C28H33FN5OPS. The minimum atomic E-state index is -0.398. The highest BCUT2D eigenvalue weighted by Gasteiger charge is 2.30. The number of nitriles is 1. The summed E-state index contributed by atoms with van der Waals surface area (Å²) >= 11 is 1.10. The first-order valence-electron chi connectivity index (χ1n) is 12.7. The SMILES string of the molecule is CC=C(c1c(/C(F)=C\C)sc(N)c1C#N)c1c2c(c3cnc(N4CCCC4)nc3c1P)COC2.CCC. The summed E-state index contributed by atoms with van der Waals surface area (Å²) in [6.07, 6.45) is 8.73. The molecule has 194 valence electrons. The van der Waals surface area contributed by atoms with Crippen LogP contribution in [0.4, 0.5) is 15.3 Å². The number of rotatable bonds is 4. The summed E-state index contributed by atoms with van der Waals surface area (Å²) in [5.74, 6) is 0.323. The number of allylic oxidation sites excluding steroid dienone is 2. The summed E-state index contributed by atoms with van der Waals surface area (Å²) in [5, 5.41) is 12.1. The van der Waals surface area contributed by atoms with Gasteiger partial charge in [-0.3, -0.25) is 0 Å². The van der Waals surface area contributed by atoms with Crippen LogP contribution in [-0.4, -0.2) is 23.1 Å². The Balaban J connectivity index is 0.00000102. The van der Waals surface area contributed by atoms with Crippen molar-refractivity contribution in [2.24, 2.45) is 0 Å². The zero-order chi connectivity index (χ0) is 26.7. The van der Waals surface area contributed by atoms with Gasteiger partial charge in [0.15, 0.2) is 0 Å². The summed E-state index contributed by atoms with van der Waals surface area (Å²) < 4.78 is 20.8. The lowest BCUT2D eigenvalue weighted by molar-refractivity contribution is 0.135. The molecule has 9 heteroatoms. The van der Waals surface area contributed by atoms with Gasteiger partial charge in [0.05, 0.1) is 29.2 Å².